The van der Waals surface area contributed by atoms with E-state index in [-0.39, 0.29) is 16.8 Å². The van der Waals surface area contributed by atoms with Crippen LogP contribution in [0.4, 0.5) is 0 Å². The topological polar surface area (TPSA) is 42.4 Å². The number of pyridine rings is 1. The Bertz CT molecular complexity index is 796. The zero-order chi connectivity index (χ0) is 16.9. The van der Waals surface area contributed by atoms with Crippen molar-refractivity contribution < 1.29 is 9.53 Å². The molecule has 2 atom stereocenters. The molecule has 0 spiro atoms. The summed E-state index contributed by atoms with van der Waals surface area (Å²) >= 11 is 0. The van der Waals surface area contributed by atoms with Gasteiger partial charge in [-0.2, -0.15) is 0 Å². The first kappa shape index (κ1) is 15.6. The lowest BCUT2D eigenvalue weighted by molar-refractivity contribution is -0.174. The number of benzene rings is 1. The number of ether oxygens (including phenoxy) is 1. The van der Waals surface area contributed by atoms with Crippen LogP contribution in [0.25, 0.3) is 10.8 Å². The fourth-order valence-corrected chi connectivity index (χ4v) is 5.16. The number of hydrogen-bond donors (Lipinski definition) is 0. The Labute approximate surface area is 142 Å². The summed E-state index contributed by atoms with van der Waals surface area (Å²) in [6.45, 7) is 7.17. The molecule has 0 amide bonds. The highest BCUT2D eigenvalue weighted by Gasteiger charge is 2.67. The van der Waals surface area contributed by atoms with Gasteiger partial charge in [0.05, 0.1) is 12.5 Å². The van der Waals surface area contributed by atoms with E-state index in [4.69, 9.17) is 4.74 Å². The van der Waals surface area contributed by atoms with E-state index in [1.807, 2.05) is 12.4 Å². The Morgan fingerprint density at radius 2 is 2.21 bits per heavy atom. The van der Waals surface area contributed by atoms with Gasteiger partial charge in [-0.05, 0) is 34.8 Å². The van der Waals surface area contributed by atoms with Crippen molar-refractivity contribution in [1.82, 2.24) is 9.88 Å². The van der Waals surface area contributed by atoms with Gasteiger partial charge in [0, 0.05) is 37.4 Å². The van der Waals surface area contributed by atoms with E-state index >= 15 is 0 Å². The van der Waals surface area contributed by atoms with Crippen LogP contribution in [0.2, 0.25) is 0 Å². The summed E-state index contributed by atoms with van der Waals surface area (Å²) in [4.78, 5) is 19.1. The summed E-state index contributed by atoms with van der Waals surface area (Å²) in [6.07, 6.45) is 4.68. The molecule has 0 radical (unpaired) electrons. The first-order valence-electron chi connectivity index (χ1n) is 8.59. The summed E-state index contributed by atoms with van der Waals surface area (Å²) in [5.41, 5.74) is 1.21. The van der Waals surface area contributed by atoms with Crippen LogP contribution in [0.1, 0.15) is 25.8 Å². The van der Waals surface area contributed by atoms with Crippen molar-refractivity contribution in [3.05, 3.63) is 42.2 Å². The van der Waals surface area contributed by atoms with E-state index in [1.54, 1.807) is 0 Å². The molecule has 2 fully saturated rings. The molecule has 24 heavy (non-hydrogen) atoms. The Balaban J connectivity index is 1.61. The van der Waals surface area contributed by atoms with Crippen LogP contribution < -0.4 is 0 Å². The molecule has 1 aliphatic carbocycles. The number of nitrogens with zero attached hydrogens (tertiary/aromatic N) is 2. The largest absolute Gasteiger partial charge is 0.469 e. The number of carbonyl (C=O) groups is 1. The third-order valence-corrected chi connectivity index (χ3v) is 6.08. The van der Waals surface area contributed by atoms with E-state index in [0.717, 1.165) is 26.1 Å². The van der Waals surface area contributed by atoms with Crippen molar-refractivity contribution >= 4 is 16.7 Å². The maximum Gasteiger partial charge on any atom is 0.313 e. The van der Waals surface area contributed by atoms with Gasteiger partial charge < -0.3 is 4.74 Å². The highest BCUT2D eigenvalue weighted by atomic mass is 16.5. The third kappa shape index (κ3) is 2.16. The molecule has 1 aliphatic heterocycles. The number of rotatable bonds is 3. The molecule has 1 aromatic carbocycles. The standard InChI is InChI=1S/C20H24N2O2/c1-19(2)12-20(18(23)24-3)13-22(11-17(19)20)10-15-6-4-5-14-9-21-8-7-16(14)15/h4-9,17H,10-13H2,1-3H3/t17-,20+/m1/s1. The van der Waals surface area contributed by atoms with Crippen molar-refractivity contribution in [3.8, 4) is 0 Å². The molecule has 2 heterocycles. The lowest BCUT2D eigenvalue weighted by Crippen LogP contribution is -2.57. The molecular weight excluding hydrogens is 300 g/mol. The van der Waals surface area contributed by atoms with Crippen LogP contribution in [0.15, 0.2) is 36.7 Å². The van der Waals surface area contributed by atoms with Gasteiger partial charge in [-0.1, -0.05) is 32.0 Å². The van der Waals surface area contributed by atoms with Crippen molar-refractivity contribution in [1.29, 1.82) is 0 Å². The number of hydrogen-bond acceptors (Lipinski definition) is 4. The van der Waals surface area contributed by atoms with Crippen LogP contribution in [0.5, 0.6) is 0 Å². The number of esters is 1. The van der Waals surface area contributed by atoms with Gasteiger partial charge in [0.2, 0.25) is 0 Å². The molecule has 2 aromatic rings. The summed E-state index contributed by atoms with van der Waals surface area (Å²) in [6, 6.07) is 8.44. The molecule has 4 rings (SSSR count). The normalized spacial score (nSPS) is 28.4. The minimum absolute atomic E-state index is 0.0311. The monoisotopic (exact) mass is 324 g/mol. The Morgan fingerprint density at radius 3 is 2.96 bits per heavy atom. The fraction of sp³-hybridized carbons (Fsp3) is 0.500. The lowest BCUT2D eigenvalue weighted by Gasteiger charge is -2.54. The Kier molecular flexibility index (Phi) is 3.43. The van der Waals surface area contributed by atoms with Gasteiger partial charge in [0.1, 0.15) is 0 Å². The van der Waals surface area contributed by atoms with E-state index < -0.39 is 0 Å². The van der Waals surface area contributed by atoms with Crippen molar-refractivity contribution in [3.63, 3.8) is 0 Å². The fourth-order valence-electron chi connectivity index (χ4n) is 5.16. The van der Waals surface area contributed by atoms with Crippen molar-refractivity contribution in [2.24, 2.45) is 16.7 Å². The molecule has 1 saturated carbocycles. The minimum Gasteiger partial charge on any atom is -0.469 e. The zero-order valence-electron chi connectivity index (χ0n) is 14.6. The second kappa shape index (κ2) is 5.28. The molecule has 0 bridgehead atoms. The summed E-state index contributed by atoms with van der Waals surface area (Å²) in [5.74, 6) is 0.352. The molecule has 126 valence electrons. The van der Waals surface area contributed by atoms with Crippen molar-refractivity contribution in [2.75, 3.05) is 20.2 Å². The number of aromatic nitrogens is 1. The van der Waals surface area contributed by atoms with Gasteiger partial charge in [-0.25, -0.2) is 0 Å². The van der Waals surface area contributed by atoms with E-state index in [1.165, 1.54) is 23.4 Å². The van der Waals surface area contributed by atoms with Crippen LogP contribution >= 0.6 is 0 Å². The molecule has 0 unspecified atom stereocenters. The number of likely N-dealkylation sites (tertiary alicyclic amines) is 1. The van der Waals surface area contributed by atoms with Crippen LogP contribution in [-0.2, 0) is 16.1 Å². The average molecular weight is 324 g/mol. The third-order valence-electron chi connectivity index (χ3n) is 6.08. The van der Waals surface area contributed by atoms with Crippen LogP contribution in [-0.4, -0.2) is 36.1 Å². The first-order chi connectivity index (χ1) is 11.5. The van der Waals surface area contributed by atoms with Gasteiger partial charge >= 0.3 is 5.97 Å². The van der Waals surface area contributed by atoms with Crippen LogP contribution in [0, 0.1) is 16.7 Å². The minimum atomic E-state index is -0.301. The number of methoxy groups -OCH3 is 1. The summed E-state index contributed by atoms with van der Waals surface area (Å²) in [5, 5.41) is 2.42. The zero-order valence-corrected chi connectivity index (χ0v) is 14.6. The smallest absolute Gasteiger partial charge is 0.313 e. The highest BCUT2D eigenvalue weighted by Crippen LogP contribution is 2.63. The number of carbonyl (C=O) groups excluding carboxylic acids is 1. The van der Waals surface area contributed by atoms with Gasteiger partial charge in [-0.3, -0.25) is 14.7 Å². The summed E-state index contributed by atoms with van der Waals surface area (Å²) in [7, 11) is 1.51. The van der Waals surface area contributed by atoms with Gasteiger partial charge in [0.15, 0.2) is 0 Å². The molecule has 2 aliphatic rings. The van der Waals surface area contributed by atoms with Gasteiger partial charge in [-0.15, -0.1) is 0 Å². The quantitative estimate of drug-likeness (QED) is 0.813. The Morgan fingerprint density at radius 1 is 1.38 bits per heavy atom. The molecule has 1 saturated heterocycles. The van der Waals surface area contributed by atoms with E-state index in [0.29, 0.717) is 5.92 Å². The maximum atomic E-state index is 12.4. The molecule has 4 nitrogen and oxygen atoms in total. The Hall–Kier alpha value is -1.94. The SMILES string of the molecule is COC(=O)[C@@]12CN(Cc3cccc4cnccc34)C[C@@H]1C(C)(C)C2. The van der Waals surface area contributed by atoms with E-state index in [9.17, 15) is 4.79 Å². The predicted molar refractivity (Wildman–Crippen MR) is 93.4 cm³/mol. The molecule has 0 N–H and O–H groups in total. The van der Waals surface area contributed by atoms with Crippen molar-refractivity contribution in [2.45, 2.75) is 26.8 Å². The number of fused-ring (bicyclic) bond motifs is 2. The second-order valence-electron chi connectivity index (χ2n) is 8.05. The molecule has 4 heteroatoms. The summed E-state index contributed by atoms with van der Waals surface area (Å²) < 4.78 is 5.15. The highest BCUT2D eigenvalue weighted by molar-refractivity contribution is 5.84. The average Bonchev–Trinajstić information content (AvgIpc) is 2.89. The molecular formula is C20H24N2O2. The predicted octanol–water partition coefficient (Wildman–Crippen LogP) is 3.26. The maximum absolute atomic E-state index is 12.4. The van der Waals surface area contributed by atoms with Gasteiger partial charge in [0.25, 0.3) is 0 Å². The van der Waals surface area contributed by atoms with Crippen LogP contribution in [0.3, 0.4) is 0 Å². The lowest BCUT2D eigenvalue weighted by atomic mass is 9.48. The first-order valence-corrected chi connectivity index (χ1v) is 8.59. The van der Waals surface area contributed by atoms with E-state index in [2.05, 4.69) is 48.0 Å². The second-order valence-corrected chi connectivity index (χ2v) is 8.05. The molecule has 1 aromatic heterocycles.